The van der Waals surface area contributed by atoms with Crippen molar-refractivity contribution in [1.82, 2.24) is 0 Å². The fraction of sp³-hybridized carbons (Fsp3) is 0.300. The monoisotopic (exact) mass is 322 g/mol. The van der Waals surface area contributed by atoms with E-state index in [1.807, 2.05) is 0 Å². The van der Waals surface area contributed by atoms with Crippen LogP contribution in [0.4, 0.5) is 5.69 Å². The van der Waals surface area contributed by atoms with E-state index in [4.69, 9.17) is 28.9 Å². The highest BCUT2D eigenvalue weighted by atomic mass is 79.9. The molecule has 1 amide bonds. The third-order valence-electron chi connectivity index (χ3n) is 2.41. The molecule has 0 spiro atoms. The van der Waals surface area contributed by atoms with E-state index < -0.39 is 0 Å². The van der Waals surface area contributed by atoms with Crippen molar-refractivity contribution in [3.8, 4) is 0 Å². The Morgan fingerprint density at radius 3 is 2.38 bits per heavy atom. The van der Waals surface area contributed by atoms with Gasteiger partial charge in [-0.2, -0.15) is 0 Å². The topological polar surface area (TPSA) is 46.3 Å². The molecule has 1 saturated heterocycles. The zero-order chi connectivity index (χ0) is 11.9. The van der Waals surface area contributed by atoms with Gasteiger partial charge in [0.15, 0.2) is 0 Å². The summed E-state index contributed by atoms with van der Waals surface area (Å²) >= 11 is 15.4. The number of carbonyl (C=O) groups is 1. The third-order valence-corrected chi connectivity index (χ3v) is 3.44. The molecule has 16 heavy (non-hydrogen) atoms. The van der Waals surface area contributed by atoms with Crippen LogP contribution in [-0.2, 0) is 4.79 Å². The number of amides is 1. The van der Waals surface area contributed by atoms with Crippen LogP contribution in [0.25, 0.3) is 0 Å². The van der Waals surface area contributed by atoms with E-state index in [1.165, 1.54) is 0 Å². The number of halogens is 3. The number of nitrogens with two attached hydrogens (primary N) is 1. The highest BCUT2D eigenvalue weighted by Crippen LogP contribution is 2.38. The van der Waals surface area contributed by atoms with Gasteiger partial charge < -0.3 is 10.6 Å². The van der Waals surface area contributed by atoms with Gasteiger partial charge in [0.2, 0.25) is 5.91 Å². The molecule has 0 bridgehead atoms. The lowest BCUT2D eigenvalue weighted by Gasteiger charge is -2.19. The lowest BCUT2D eigenvalue weighted by molar-refractivity contribution is -0.117. The second-order valence-corrected chi connectivity index (χ2v) is 5.42. The molecule has 1 heterocycles. The molecule has 2 N–H and O–H groups in total. The van der Waals surface area contributed by atoms with Crippen molar-refractivity contribution in [3.63, 3.8) is 0 Å². The first-order valence-electron chi connectivity index (χ1n) is 4.69. The second-order valence-electron chi connectivity index (χ2n) is 3.69. The van der Waals surface area contributed by atoms with Gasteiger partial charge in [0, 0.05) is 23.5 Å². The molecule has 1 unspecified atom stereocenters. The SMILES string of the molecule is NC1CC(=O)N(c2c(Cl)cc(Br)cc2Cl)C1. The van der Waals surface area contributed by atoms with Gasteiger partial charge >= 0.3 is 0 Å². The van der Waals surface area contributed by atoms with E-state index in [0.29, 0.717) is 28.7 Å². The quantitative estimate of drug-likeness (QED) is 0.863. The minimum Gasteiger partial charge on any atom is -0.326 e. The second kappa shape index (κ2) is 4.53. The number of benzene rings is 1. The van der Waals surface area contributed by atoms with Crippen molar-refractivity contribution >= 4 is 50.7 Å². The summed E-state index contributed by atoms with van der Waals surface area (Å²) in [5, 5.41) is 0.892. The molecule has 0 radical (unpaired) electrons. The average Bonchev–Trinajstić information content (AvgIpc) is 2.43. The number of hydrogen-bond acceptors (Lipinski definition) is 2. The Kier molecular flexibility index (Phi) is 3.45. The fourth-order valence-electron chi connectivity index (χ4n) is 1.74. The van der Waals surface area contributed by atoms with Crippen LogP contribution in [-0.4, -0.2) is 18.5 Å². The normalized spacial score (nSPS) is 20.6. The highest BCUT2D eigenvalue weighted by molar-refractivity contribution is 9.10. The molecule has 3 nitrogen and oxygen atoms in total. The Labute approximate surface area is 112 Å². The zero-order valence-corrected chi connectivity index (χ0v) is 11.3. The van der Waals surface area contributed by atoms with Gasteiger partial charge in [0.25, 0.3) is 0 Å². The summed E-state index contributed by atoms with van der Waals surface area (Å²) in [5.74, 6) is -0.0429. The summed E-state index contributed by atoms with van der Waals surface area (Å²) in [6, 6.07) is 3.27. The van der Waals surface area contributed by atoms with Gasteiger partial charge in [-0.15, -0.1) is 0 Å². The summed E-state index contributed by atoms with van der Waals surface area (Å²) in [5.41, 5.74) is 6.27. The Hall–Kier alpha value is -0.290. The molecule has 1 aromatic carbocycles. The summed E-state index contributed by atoms with van der Waals surface area (Å²) in [7, 11) is 0. The predicted molar refractivity (Wildman–Crippen MR) is 69.1 cm³/mol. The number of carbonyl (C=O) groups excluding carboxylic acids is 1. The summed E-state index contributed by atoms with van der Waals surface area (Å²) in [4.78, 5) is 13.2. The smallest absolute Gasteiger partial charge is 0.228 e. The molecular weight excluding hydrogens is 315 g/mol. The van der Waals surface area contributed by atoms with Crippen LogP contribution in [0.15, 0.2) is 16.6 Å². The standard InChI is InChI=1S/C10H9BrCl2N2O/c11-5-1-7(12)10(8(13)2-5)15-4-6(14)3-9(15)16/h1-2,6H,3-4,14H2. The molecule has 1 aliphatic heterocycles. The van der Waals surface area contributed by atoms with Crippen LogP contribution in [0.3, 0.4) is 0 Å². The molecule has 86 valence electrons. The first kappa shape index (κ1) is 12.2. The average molecular weight is 324 g/mol. The maximum atomic E-state index is 11.7. The molecule has 1 fully saturated rings. The first-order chi connectivity index (χ1) is 7.49. The van der Waals surface area contributed by atoms with Crippen LogP contribution in [0, 0.1) is 0 Å². The van der Waals surface area contributed by atoms with E-state index in [1.54, 1.807) is 17.0 Å². The van der Waals surface area contributed by atoms with E-state index in [9.17, 15) is 4.79 Å². The van der Waals surface area contributed by atoms with Gasteiger partial charge in [-0.25, -0.2) is 0 Å². The van der Waals surface area contributed by atoms with Crippen molar-refractivity contribution in [2.75, 3.05) is 11.4 Å². The van der Waals surface area contributed by atoms with E-state index in [0.717, 1.165) is 4.47 Å². The number of nitrogens with zero attached hydrogens (tertiary/aromatic N) is 1. The largest absolute Gasteiger partial charge is 0.326 e. The van der Waals surface area contributed by atoms with Crippen molar-refractivity contribution in [2.45, 2.75) is 12.5 Å². The highest BCUT2D eigenvalue weighted by Gasteiger charge is 2.30. The van der Waals surface area contributed by atoms with Crippen LogP contribution in [0.2, 0.25) is 10.0 Å². The lowest BCUT2D eigenvalue weighted by Crippen LogP contribution is -2.28. The molecule has 1 atom stereocenters. The maximum absolute atomic E-state index is 11.7. The van der Waals surface area contributed by atoms with Gasteiger partial charge in [0.05, 0.1) is 15.7 Å². The minimum atomic E-state index is -0.150. The number of rotatable bonds is 1. The molecule has 0 aliphatic carbocycles. The Bertz CT molecular complexity index is 429. The predicted octanol–water partition coefficient (Wildman–Crippen LogP) is 2.82. The van der Waals surface area contributed by atoms with Gasteiger partial charge in [0.1, 0.15) is 0 Å². The number of hydrogen-bond donors (Lipinski definition) is 1. The van der Waals surface area contributed by atoms with E-state index in [-0.39, 0.29) is 11.9 Å². The molecular formula is C10H9BrCl2N2O. The van der Waals surface area contributed by atoms with Gasteiger partial charge in [-0.1, -0.05) is 39.1 Å². The minimum absolute atomic E-state index is 0.0429. The first-order valence-corrected chi connectivity index (χ1v) is 6.24. The van der Waals surface area contributed by atoms with Crippen LogP contribution >= 0.6 is 39.1 Å². The van der Waals surface area contributed by atoms with E-state index >= 15 is 0 Å². The Morgan fingerprint density at radius 2 is 1.94 bits per heavy atom. The Morgan fingerprint density at radius 1 is 1.38 bits per heavy atom. The molecule has 6 heteroatoms. The molecule has 1 aromatic rings. The zero-order valence-electron chi connectivity index (χ0n) is 8.21. The van der Waals surface area contributed by atoms with Gasteiger partial charge in [-0.3, -0.25) is 4.79 Å². The maximum Gasteiger partial charge on any atom is 0.228 e. The lowest BCUT2D eigenvalue weighted by atomic mass is 10.3. The summed E-state index contributed by atoms with van der Waals surface area (Å²) < 4.78 is 0.780. The molecule has 0 saturated carbocycles. The summed E-state index contributed by atoms with van der Waals surface area (Å²) in [6.07, 6.45) is 0.336. The van der Waals surface area contributed by atoms with Crippen LogP contribution in [0.5, 0.6) is 0 Å². The van der Waals surface area contributed by atoms with Crippen LogP contribution in [0.1, 0.15) is 6.42 Å². The van der Waals surface area contributed by atoms with Crippen molar-refractivity contribution < 1.29 is 4.79 Å². The molecule has 2 rings (SSSR count). The van der Waals surface area contributed by atoms with Crippen molar-refractivity contribution in [1.29, 1.82) is 0 Å². The third kappa shape index (κ3) is 2.20. The fourth-order valence-corrected chi connectivity index (χ4v) is 3.16. The molecule has 1 aliphatic rings. The van der Waals surface area contributed by atoms with E-state index in [2.05, 4.69) is 15.9 Å². The Balaban J connectivity index is 2.44. The number of anilines is 1. The summed E-state index contributed by atoms with van der Waals surface area (Å²) in [6.45, 7) is 0.458. The van der Waals surface area contributed by atoms with Gasteiger partial charge in [-0.05, 0) is 12.1 Å². The van der Waals surface area contributed by atoms with Crippen molar-refractivity contribution in [2.24, 2.45) is 5.73 Å². The van der Waals surface area contributed by atoms with Crippen LogP contribution < -0.4 is 10.6 Å². The van der Waals surface area contributed by atoms with Crippen molar-refractivity contribution in [3.05, 3.63) is 26.7 Å². The molecule has 0 aromatic heterocycles.